The second-order valence-electron chi connectivity index (χ2n) is 5.91. The van der Waals surface area contributed by atoms with Gasteiger partial charge in [-0.15, -0.1) is 0 Å². The molecule has 0 spiro atoms. The number of carbonyl (C=O) groups is 3. The number of rotatable bonds is 6. The third kappa shape index (κ3) is 3.86. The Bertz CT molecular complexity index is 982. The molecule has 1 aromatic carbocycles. The topological polar surface area (TPSA) is 128 Å². The van der Waals surface area contributed by atoms with Crippen molar-refractivity contribution in [2.45, 2.75) is 6.54 Å². The van der Waals surface area contributed by atoms with Gasteiger partial charge in [0.15, 0.2) is 11.5 Å². The van der Waals surface area contributed by atoms with Gasteiger partial charge in [0.05, 0.1) is 27.9 Å². The number of furan rings is 1. The quantitative estimate of drug-likeness (QED) is 0.426. The van der Waals surface area contributed by atoms with Gasteiger partial charge in [0, 0.05) is 0 Å². The maximum Gasteiger partial charge on any atom is 0.373 e. The fraction of sp³-hybridized carbons (Fsp3) is 0.211. The van der Waals surface area contributed by atoms with Crippen LogP contribution in [0.3, 0.4) is 0 Å². The lowest BCUT2D eigenvalue weighted by Gasteiger charge is -2.10. The number of urea groups is 1. The Hall–Kier alpha value is -3.95. The van der Waals surface area contributed by atoms with Crippen molar-refractivity contribution in [1.29, 1.82) is 0 Å². The second-order valence-corrected chi connectivity index (χ2v) is 5.91. The summed E-state index contributed by atoms with van der Waals surface area (Å²) in [5, 5.41) is 12.4. The molecule has 0 radical (unpaired) electrons. The highest BCUT2D eigenvalue weighted by Crippen LogP contribution is 2.37. The monoisotopic (exact) mass is 402 g/mol. The van der Waals surface area contributed by atoms with Gasteiger partial charge in [-0.1, -0.05) is 0 Å². The predicted octanol–water partition coefficient (Wildman–Crippen LogP) is 1.88. The van der Waals surface area contributed by atoms with Crippen LogP contribution in [0.4, 0.5) is 4.79 Å². The lowest BCUT2D eigenvalue weighted by molar-refractivity contribution is -0.123. The molecule has 0 unspecified atom stereocenters. The number of aromatic hydroxyl groups is 1. The van der Waals surface area contributed by atoms with E-state index in [0.29, 0.717) is 5.56 Å². The first-order valence-electron chi connectivity index (χ1n) is 8.34. The Morgan fingerprint density at radius 3 is 2.41 bits per heavy atom. The molecule has 2 N–H and O–H groups in total. The molecule has 1 saturated heterocycles. The number of imide groups is 1. The molecule has 10 nitrogen and oxygen atoms in total. The summed E-state index contributed by atoms with van der Waals surface area (Å²) < 4.78 is 20.0. The first-order chi connectivity index (χ1) is 13.9. The maximum absolute atomic E-state index is 12.6. The molecule has 0 atom stereocenters. The highest BCUT2D eigenvalue weighted by molar-refractivity contribution is 6.13. The molecule has 1 aliphatic rings. The number of amides is 3. The Balaban J connectivity index is 1.83. The third-order valence-electron chi connectivity index (χ3n) is 4.14. The summed E-state index contributed by atoms with van der Waals surface area (Å²) in [6, 6.07) is 5.20. The van der Waals surface area contributed by atoms with Gasteiger partial charge < -0.3 is 29.1 Å². The molecule has 1 fully saturated rings. The largest absolute Gasteiger partial charge is 0.502 e. The SMILES string of the molecule is COC(=O)c1ccc(CN2C(=O)N/C(=C\c3cc(OC)c(O)c(OC)c3)C2=O)o1. The number of nitrogens with one attached hydrogen (secondary N) is 1. The van der Waals surface area contributed by atoms with Gasteiger partial charge in [-0.25, -0.2) is 9.59 Å². The van der Waals surface area contributed by atoms with Crippen molar-refractivity contribution in [3.8, 4) is 17.2 Å². The van der Waals surface area contributed by atoms with E-state index in [1.807, 2.05) is 0 Å². The highest BCUT2D eigenvalue weighted by atomic mass is 16.5. The minimum Gasteiger partial charge on any atom is -0.502 e. The molecule has 0 bridgehead atoms. The van der Waals surface area contributed by atoms with Gasteiger partial charge in [0.25, 0.3) is 5.91 Å². The molecule has 1 aliphatic heterocycles. The van der Waals surface area contributed by atoms with E-state index in [4.69, 9.17) is 13.9 Å². The van der Waals surface area contributed by atoms with Gasteiger partial charge in [0.2, 0.25) is 11.5 Å². The minimum atomic E-state index is -0.663. The Kier molecular flexibility index (Phi) is 5.44. The number of carbonyl (C=O) groups excluding carboxylic acids is 3. The highest BCUT2D eigenvalue weighted by Gasteiger charge is 2.34. The molecule has 0 aliphatic carbocycles. The second kappa shape index (κ2) is 7.97. The molecule has 2 heterocycles. The van der Waals surface area contributed by atoms with Gasteiger partial charge in [-0.3, -0.25) is 9.69 Å². The minimum absolute atomic E-state index is 0.0181. The molecule has 152 valence electrons. The summed E-state index contributed by atoms with van der Waals surface area (Å²) in [6.45, 7) is -0.165. The van der Waals surface area contributed by atoms with Crippen LogP contribution in [0.25, 0.3) is 6.08 Å². The van der Waals surface area contributed by atoms with E-state index < -0.39 is 17.9 Å². The zero-order chi connectivity index (χ0) is 21.1. The lowest BCUT2D eigenvalue weighted by Crippen LogP contribution is -2.30. The average Bonchev–Trinajstić information content (AvgIpc) is 3.29. The van der Waals surface area contributed by atoms with Crippen molar-refractivity contribution in [1.82, 2.24) is 10.2 Å². The van der Waals surface area contributed by atoms with E-state index in [1.165, 1.54) is 51.7 Å². The summed E-state index contributed by atoms with van der Waals surface area (Å²) in [4.78, 5) is 37.2. The van der Waals surface area contributed by atoms with Crippen LogP contribution in [-0.2, 0) is 16.1 Å². The smallest absolute Gasteiger partial charge is 0.373 e. The van der Waals surface area contributed by atoms with E-state index >= 15 is 0 Å². The van der Waals surface area contributed by atoms with Gasteiger partial charge >= 0.3 is 12.0 Å². The van der Waals surface area contributed by atoms with E-state index in [9.17, 15) is 19.5 Å². The summed E-state index contributed by atoms with van der Waals surface area (Å²) in [7, 11) is 3.97. The number of phenolic OH excluding ortho intramolecular Hbond substituents is 1. The normalized spacial score (nSPS) is 14.9. The van der Waals surface area contributed by atoms with E-state index in [2.05, 4.69) is 10.1 Å². The summed E-state index contributed by atoms with van der Waals surface area (Å²) in [5.41, 5.74) is 0.484. The van der Waals surface area contributed by atoms with Crippen molar-refractivity contribution in [2.75, 3.05) is 21.3 Å². The predicted molar refractivity (Wildman–Crippen MR) is 98.3 cm³/mol. The standard InChI is InChI=1S/C19H18N2O8/c1-26-14-7-10(8-15(27-2)16(14)22)6-12-17(23)21(19(25)20-12)9-11-4-5-13(29-11)18(24)28-3/h4-8,22H,9H2,1-3H3,(H,20,25)/b12-6-. The molecule has 2 aromatic rings. The number of ether oxygens (including phenoxy) is 3. The molecule has 29 heavy (non-hydrogen) atoms. The third-order valence-corrected chi connectivity index (χ3v) is 4.14. The van der Waals surface area contributed by atoms with E-state index in [0.717, 1.165) is 4.90 Å². The number of esters is 1. The summed E-state index contributed by atoms with van der Waals surface area (Å²) >= 11 is 0. The van der Waals surface area contributed by atoms with Gasteiger partial charge in [0.1, 0.15) is 11.5 Å². The van der Waals surface area contributed by atoms with Crippen molar-refractivity contribution in [3.63, 3.8) is 0 Å². The zero-order valence-corrected chi connectivity index (χ0v) is 15.8. The van der Waals surface area contributed by atoms with E-state index in [-0.39, 0.29) is 41.0 Å². The Labute approximate surface area is 165 Å². The molecule has 10 heteroatoms. The van der Waals surface area contributed by atoms with Crippen LogP contribution >= 0.6 is 0 Å². The van der Waals surface area contributed by atoms with Gasteiger partial charge in [-0.2, -0.15) is 0 Å². The van der Waals surface area contributed by atoms with E-state index in [1.54, 1.807) is 0 Å². The number of phenols is 1. The molecular formula is C19H18N2O8. The number of hydrogen-bond acceptors (Lipinski definition) is 8. The molecule has 3 amide bonds. The van der Waals surface area contributed by atoms with Crippen LogP contribution < -0.4 is 14.8 Å². The summed E-state index contributed by atoms with van der Waals surface area (Å²) in [6.07, 6.45) is 1.42. The Morgan fingerprint density at radius 2 is 1.83 bits per heavy atom. The molecule has 0 saturated carbocycles. The molecular weight excluding hydrogens is 384 g/mol. The van der Waals surface area contributed by atoms with Crippen LogP contribution in [-0.4, -0.2) is 49.2 Å². The van der Waals surface area contributed by atoms with Crippen molar-refractivity contribution < 1.29 is 38.1 Å². The first-order valence-corrected chi connectivity index (χ1v) is 8.34. The molecule has 1 aromatic heterocycles. The number of nitrogens with zero attached hydrogens (tertiary/aromatic N) is 1. The lowest BCUT2D eigenvalue weighted by atomic mass is 10.1. The van der Waals surface area contributed by atoms with Crippen LogP contribution in [0.5, 0.6) is 17.2 Å². The van der Waals surface area contributed by atoms with Crippen molar-refractivity contribution >= 4 is 24.0 Å². The van der Waals surface area contributed by atoms with Crippen LogP contribution in [0, 0.1) is 0 Å². The average molecular weight is 402 g/mol. The van der Waals surface area contributed by atoms with Gasteiger partial charge in [-0.05, 0) is 35.9 Å². The summed E-state index contributed by atoms with van der Waals surface area (Å²) in [5.74, 6) is -0.927. The number of hydrogen-bond donors (Lipinski definition) is 2. The fourth-order valence-electron chi connectivity index (χ4n) is 2.71. The zero-order valence-electron chi connectivity index (χ0n) is 15.8. The number of benzene rings is 1. The van der Waals surface area contributed by atoms with Crippen LogP contribution in [0.1, 0.15) is 21.9 Å². The van der Waals surface area contributed by atoms with Crippen LogP contribution in [0.2, 0.25) is 0 Å². The Morgan fingerprint density at radius 1 is 1.17 bits per heavy atom. The number of methoxy groups -OCH3 is 3. The van der Waals surface area contributed by atoms with Crippen molar-refractivity contribution in [2.24, 2.45) is 0 Å². The maximum atomic E-state index is 12.6. The molecule has 3 rings (SSSR count). The van der Waals surface area contributed by atoms with Crippen LogP contribution in [0.15, 0.2) is 34.4 Å². The van der Waals surface area contributed by atoms with Crippen molar-refractivity contribution in [3.05, 3.63) is 47.0 Å². The first kappa shape index (κ1) is 19.8. The fourth-order valence-corrected chi connectivity index (χ4v) is 2.71.